The van der Waals surface area contributed by atoms with E-state index in [2.05, 4.69) is 21.5 Å². The predicted molar refractivity (Wildman–Crippen MR) is 108 cm³/mol. The molecule has 16 heteroatoms. The van der Waals surface area contributed by atoms with Crippen molar-refractivity contribution in [2.24, 2.45) is 0 Å². The van der Waals surface area contributed by atoms with Gasteiger partial charge in [-0.1, -0.05) is 0 Å². The largest absolute Gasteiger partial charge is 0.473 e. The zero-order chi connectivity index (χ0) is 26.5. The van der Waals surface area contributed by atoms with E-state index in [4.69, 9.17) is 9.47 Å². The molecule has 0 aromatic carbocycles. The summed E-state index contributed by atoms with van der Waals surface area (Å²) in [4.78, 5) is 55.9. The number of hydrogen-bond acceptors (Lipinski definition) is 8. The van der Waals surface area contributed by atoms with Crippen LogP contribution in [-0.4, -0.2) is 77.5 Å². The van der Waals surface area contributed by atoms with E-state index in [0.29, 0.717) is 6.54 Å². The van der Waals surface area contributed by atoms with Gasteiger partial charge in [0, 0.05) is 6.54 Å². The second-order valence-corrected chi connectivity index (χ2v) is 9.16. The topological polar surface area (TPSA) is 167 Å². The first-order valence-electron chi connectivity index (χ1n) is 9.99. The molecule has 0 bridgehead atoms. The number of rotatable bonds is 2. The highest BCUT2D eigenvalue weighted by Gasteiger charge is 2.47. The monoisotopic (exact) mass is 498 g/mol. The second kappa shape index (κ2) is 10.8. The lowest BCUT2D eigenvalue weighted by Crippen LogP contribution is -2.46. The Kier molecular flexibility index (Phi) is 9.09. The van der Waals surface area contributed by atoms with E-state index in [1.54, 1.807) is 47.0 Å². The molecule has 5 N–H and O–H groups in total. The number of nitrogens with one attached hydrogen (secondary N) is 5. The van der Waals surface area contributed by atoms with Crippen LogP contribution >= 0.6 is 0 Å². The Balaban J connectivity index is 0.000000362. The lowest BCUT2D eigenvalue weighted by atomic mass is 10.2. The van der Waals surface area contributed by atoms with Crippen molar-refractivity contribution < 1.29 is 46.6 Å². The maximum atomic E-state index is 12.2. The van der Waals surface area contributed by atoms with Gasteiger partial charge in [0.05, 0.1) is 6.54 Å². The number of alkyl halides is 3. The molecular weight excluding hydrogens is 469 g/mol. The first kappa shape index (κ1) is 28.7. The number of ether oxygens (including phenoxy) is 2. The fraction of sp³-hybridized carbons (Fsp3) is 0.722. The van der Waals surface area contributed by atoms with Crippen LogP contribution in [0.1, 0.15) is 41.5 Å². The van der Waals surface area contributed by atoms with Crippen LogP contribution in [0.25, 0.3) is 0 Å². The minimum Gasteiger partial charge on any atom is -0.444 e. The molecule has 2 atom stereocenters. The van der Waals surface area contributed by atoms with Crippen molar-refractivity contribution in [3.8, 4) is 0 Å². The molecular formula is C18H29F3N6O7. The number of nitrogens with zero attached hydrogens (tertiary/aromatic N) is 1. The van der Waals surface area contributed by atoms with Crippen LogP contribution in [0.15, 0.2) is 0 Å². The number of alkyl carbamates (subject to hydrolysis) is 2. The maximum absolute atomic E-state index is 12.2. The van der Waals surface area contributed by atoms with Gasteiger partial charge < -0.3 is 20.1 Å². The van der Waals surface area contributed by atoms with Crippen LogP contribution in [0.2, 0.25) is 0 Å². The minimum absolute atomic E-state index is 0.102. The second-order valence-electron chi connectivity index (χ2n) is 9.16. The van der Waals surface area contributed by atoms with E-state index >= 15 is 0 Å². The van der Waals surface area contributed by atoms with Crippen LogP contribution in [0.4, 0.5) is 22.8 Å². The Morgan fingerprint density at radius 2 is 1.35 bits per heavy atom. The van der Waals surface area contributed by atoms with Gasteiger partial charge in [-0.3, -0.25) is 25.2 Å². The number of amides is 5. The molecule has 13 nitrogen and oxygen atoms in total. The Labute approximate surface area is 193 Å². The van der Waals surface area contributed by atoms with Gasteiger partial charge >= 0.3 is 24.3 Å². The zero-order valence-corrected chi connectivity index (χ0v) is 19.5. The quantitative estimate of drug-likeness (QED) is 0.350. The molecule has 0 radical (unpaired) electrons. The van der Waals surface area contributed by atoms with Gasteiger partial charge in [-0.05, 0) is 41.5 Å². The summed E-state index contributed by atoms with van der Waals surface area (Å²) in [6.45, 7) is 9.79. The summed E-state index contributed by atoms with van der Waals surface area (Å²) in [5.74, 6) is -3.39. The molecule has 2 aliphatic heterocycles. The Hall–Kier alpha value is -3.30. The van der Waals surface area contributed by atoms with Crippen LogP contribution in [-0.2, 0) is 23.9 Å². The van der Waals surface area contributed by atoms with Crippen LogP contribution in [0.5, 0.6) is 0 Å². The standard InChI is InChI=1S/C10H14F3N3O4.C8H15N3O3/c1-9(2,3)20-8(19)14-5-4-16(15-6(5)17)7(18)10(11,12)13;1-8(2,3)14-7(13)10-5-4-9-11-6(5)12/h5H,4H2,1-3H3,(H,14,19)(H,15,17);5,9H,4H2,1-3H3,(H,10,13)(H,11,12)/t2*5-/m00/s1. The Morgan fingerprint density at radius 3 is 1.74 bits per heavy atom. The van der Waals surface area contributed by atoms with Crippen molar-refractivity contribution in [2.45, 2.75) is 71.0 Å². The van der Waals surface area contributed by atoms with E-state index in [-0.39, 0.29) is 10.9 Å². The third kappa shape index (κ3) is 10.1. The highest BCUT2D eigenvalue weighted by atomic mass is 19.4. The van der Waals surface area contributed by atoms with Crippen molar-refractivity contribution in [3.05, 3.63) is 0 Å². The number of halogens is 3. The van der Waals surface area contributed by atoms with Gasteiger partial charge in [0.2, 0.25) is 0 Å². The van der Waals surface area contributed by atoms with E-state index < -0.39 is 60.0 Å². The minimum atomic E-state index is -5.10. The SMILES string of the molecule is CC(C)(C)OC(=O)N[C@H]1CN(C(=O)C(F)(F)F)NC1=O.CC(C)(C)OC(=O)N[C@H]1CNNC1=O. The van der Waals surface area contributed by atoms with Gasteiger partial charge in [-0.15, -0.1) is 0 Å². The van der Waals surface area contributed by atoms with Gasteiger partial charge in [-0.2, -0.15) is 13.2 Å². The first-order chi connectivity index (χ1) is 15.3. The fourth-order valence-electron chi connectivity index (χ4n) is 2.36. The number of carbonyl (C=O) groups excluding carboxylic acids is 5. The van der Waals surface area contributed by atoms with Crippen LogP contribution < -0.4 is 26.9 Å². The average molecular weight is 498 g/mol. The highest BCUT2D eigenvalue weighted by Crippen LogP contribution is 2.19. The molecule has 5 amide bonds. The molecule has 0 aromatic rings. The van der Waals surface area contributed by atoms with Crippen LogP contribution in [0, 0.1) is 0 Å². The van der Waals surface area contributed by atoms with Crippen LogP contribution in [0.3, 0.4) is 0 Å². The van der Waals surface area contributed by atoms with Crippen molar-refractivity contribution in [3.63, 3.8) is 0 Å². The van der Waals surface area contributed by atoms with Crippen molar-refractivity contribution >= 4 is 29.9 Å². The smallest absolute Gasteiger partial charge is 0.444 e. The molecule has 0 aromatic heterocycles. The molecule has 0 unspecified atom stereocenters. The van der Waals surface area contributed by atoms with Gasteiger partial charge in [0.25, 0.3) is 11.8 Å². The summed E-state index contributed by atoms with van der Waals surface area (Å²) in [6.07, 6.45) is -6.64. The highest BCUT2D eigenvalue weighted by molar-refractivity contribution is 5.92. The summed E-state index contributed by atoms with van der Waals surface area (Å²) in [6, 6.07) is -1.85. The molecule has 0 spiro atoms. The van der Waals surface area contributed by atoms with E-state index in [1.807, 2.05) is 0 Å². The molecule has 194 valence electrons. The maximum Gasteiger partial charge on any atom is 0.473 e. The third-order valence-corrected chi connectivity index (χ3v) is 3.63. The molecule has 2 rings (SSSR count). The lowest BCUT2D eigenvalue weighted by molar-refractivity contribution is -0.187. The van der Waals surface area contributed by atoms with Gasteiger partial charge in [0.15, 0.2) is 0 Å². The average Bonchev–Trinajstić information content (AvgIpc) is 3.16. The molecule has 0 saturated carbocycles. The summed E-state index contributed by atoms with van der Waals surface area (Å²) < 4.78 is 46.4. The fourth-order valence-corrected chi connectivity index (χ4v) is 2.36. The molecule has 2 fully saturated rings. The molecule has 2 saturated heterocycles. The van der Waals surface area contributed by atoms with E-state index in [1.165, 1.54) is 0 Å². The Morgan fingerprint density at radius 1 is 0.882 bits per heavy atom. The molecule has 0 aliphatic carbocycles. The summed E-state index contributed by atoms with van der Waals surface area (Å²) in [5.41, 5.74) is 5.36. The van der Waals surface area contributed by atoms with Crippen molar-refractivity contribution in [1.29, 1.82) is 0 Å². The van der Waals surface area contributed by atoms with Gasteiger partial charge in [-0.25, -0.2) is 20.0 Å². The predicted octanol–water partition coefficient (Wildman–Crippen LogP) is -0.170. The lowest BCUT2D eigenvalue weighted by Gasteiger charge is -2.21. The number of carbonyl (C=O) groups is 5. The molecule has 2 heterocycles. The normalized spacial score (nSPS) is 20.4. The molecule has 34 heavy (non-hydrogen) atoms. The first-order valence-corrected chi connectivity index (χ1v) is 9.99. The van der Waals surface area contributed by atoms with Gasteiger partial charge in [0.1, 0.15) is 23.3 Å². The number of hydrazine groups is 2. The molecule has 2 aliphatic rings. The summed E-state index contributed by atoms with van der Waals surface area (Å²) in [5, 5.41) is 4.64. The third-order valence-electron chi connectivity index (χ3n) is 3.63. The summed E-state index contributed by atoms with van der Waals surface area (Å²) in [7, 11) is 0. The Bertz CT molecular complexity index is 807. The summed E-state index contributed by atoms with van der Waals surface area (Å²) >= 11 is 0. The van der Waals surface area contributed by atoms with Crippen molar-refractivity contribution in [2.75, 3.05) is 13.1 Å². The van der Waals surface area contributed by atoms with E-state index in [9.17, 15) is 37.1 Å². The van der Waals surface area contributed by atoms with Crippen molar-refractivity contribution in [1.82, 2.24) is 31.9 Å². The number of hydrogen-bond donors (Lipinski definition) is 5. The zero-order valence-electron chi connectivity index (χ0n) is 19.5. The van der Waals surface area contributed by atoms with E-state index in [0.717, 1.165) is 0 Å².